The van der Waals surface area contributed by atoms with Crippen molar-refractivity contribution in [3.63, 3.8) is 0 Å². The molecule has 1 fully saturated rings. The molecule has 0 atom stereocenters. The Morgan fingerprint density at radius 3 is 2.16 bits per heavy atom. The third-order valence-electron chi connectivity index (χ3n) is 4.25. The molecule has 0 radical (unpaired) electrons. The summed E-state index contributed by atoms with van der Waals surface area (Å²) in [6.07, 6.45) is 7.90. The van der Waals surface area contributed by atoms with E-state index in [1.807, 2.05) is 0 Å². The van der Waals surface area contributed by atoms with Crippen molar-refractivity contribution in [3.05, 3.63) is 0 Å². The summed E-state index contributed by atoms with van der Waals surface area (Å²) in [5, 5.41) is 3.83. The Hall–Kier alpha value is -0.120. The molecule has 19 heavy (non-hydrogen) atoms. The molecule has 0 amide bonds. The third kappa shape index (κ3) is 7.28. The molecule has 0 spiro atoms. The van der Waals surface area contributed by atoms with Gasteiger partial charge in [-0.05, 0) is 19.8 Å². The van der Waals surface area contributed by atoms with E-state index in [0.29, 0.717) is 5.54 Å². The summed E-state index contributed by atoms with van der Waals surface area (Å²) in [6, 6.07) is 0. The smallest absolute Gasteiger partial charge is 0.0594 e. The van der Waals surface area contributed by atoms with Crippen molar-refractivity contribution >= 4 is 0 Å². The van der Waals surface area contributed by atoms with Gasteiger partial charge in [0.25, 0.3) is 0 Å². The molecule has 1 N–H and O–H groups in total. The second kappa shape index (κ2) is 9.73. The Balaban J connectivity index is 2.25. The monoisotopic (exact) mass is 270 g/mol. The van der Waals surface area contributed by atoms with Gasteiger partial charge in [0.2, 0.25) is 0 Å². The lowest BCUT2D eigenvalue weighted by Gasteiger charge is -2.33. The first-order chi connectivity index (χ1) is 9.20. The van der Waals surface area contributed by atoms with Crippen LogP contribution in [0.5, 0.6) is 0 Å². The van der Waals surface area contributed by atoms with Gasteiger partial charge < -0.3 is 10.1 Å². The van der Waals surface area contributed by atoms with E-state index in [9.17, 15) is 0 Å². The van der Waals surface area contributed by atoms with Crippen LogP contribution >= 0.6 is 0 Å². The van der Waals surface area contributed by atoms with Crippen LogP contribution in [0.1, 0.15) is 59.3 Å². The lowest BCUT2D eigenvalue weighted by Crippen LogP contribution is -2.47. The fourth-order valence-corrected chi connectivity index (χ4v) is 2.78. The van der Waals surface area contributed by atoms with E-state index in [2.05, 4.69) is 31.0 Å². The highest BCUT2D eigenvalue weighted by Gasteiger charge is 2.22. The van der Waals surface area contributed by atoms with Gasteiger partial charge in [0.05, 0.1) is 13.2 Å². The Labute approximate surface area is 120 Å². The van der Waals surface area contributed by atoms with Crippen LogP contribution in [0.2, 0.25) is 0 Å². The van der Waals surface area contributed by atoms with E-state index in [1.165, 1.54) is 38.5 Å². The zero-order valence-electron chi connectivity index (χ0n) is 13.3. The second-order valence-corrected chi connectivity index (χ2v) is 6.15. The van der Waals surface area contributed by atoms with Gasteiger partial charge in [-0.25, -0.2) is 0 Å². The molecule has 0 aromatic heterocycles. The summed E-state index contributed by atoms with van der Waals surface area (Å²) in [7, 11) is 0. The molecule has 1 rings (SSSR count). The first-order valence-corrected chi connectivity index (χ1v) is 8.25. The van der Waals surface area contributed by atoms with Crippen molar-refractivity contribution in [2.24, 2.45) is 0 Å². The minimum atomic E-state index is 0.346. The van der Waals surface area contributed by atoms with Crippen LogP contribution in [-0.2, 0) is 4.74 Å². The quantitative estimate of drug-likeness (QED) is 0.660. The van der Waals surface area contributed by atoms with E-state index >= 15 is 0 Å². The van der Waals surface area contributed by atoms with Gasteiger partial charge in [-0.3, -0.25) is 4.90 Å². The van der Waals surface area contributed by atoms with E-state index < -0.39 is 0 Å². The lowest BCUT2D eigenvalue weighted by atomic mass is 9.89. The van der Waals surface area contributed by atoms with Gasteiger partial charge in [-0.2, -0.15) is 0 Å². The van der Waals surface area contributed by atoms with Crippen molar-refractivity contribution in [2.75, 3.05) is 39.4 Å². The number of ether oxygens (including phenoxy) is 1. The summed E-state index contributed by atoms with van der Waals surface area (Å²) in [4.78, 5) is 2.51. The second-order valence-electron chi connectivity index (χ2n) is 6.15. The van der Waals surface area contributed by atoms with Crippen molar-refractivity contribution in [2.45, 2.75) is 64.8 Å². The van der Waals surface area contributed by atoms with E-state index in [4.69, 9.17) is 4.74 Å². The van der Waals surface area contributed by atoms with E-state index in [-0.39, 0.29) is 0 Å². The maximum Gasteiger partial charge on any atom is 0.0594 e. The molecule has 3 nitrogen and oxygen atoms in total. The molecule has 1 heterocycles. The van der Waals surface area contributed by atoms with Crippen molar-refractivity contribution in [1.82, 2.24) is 10.2 Å². The Bertz CT molecular complexity index is 207. The minimum Gasteiger partial charge on any atom is -0.379 e. The van der Waals surface area contributed by atoms with Gasteiger partial charge in [0.15, 0.2) is 0 Å². The van der Waals surface area contributed by atoms with E-state index in [0.717, 1.165) is 39.4 Å². The molecule has 114 valence electrons. The highest BCUT2D eigenvalue weighted by molar-refractivity contribution is 4.83. The van der Waals surface area contributed by atoms with Crippen LogP contribution in [0, 0.1) is 0 Å². The number of rotatable bonds is 10. The number of nitrogens with zero attached hydrogens (tertiary/aromatic N) is 1. The van der Waals surface area contributed by atoms with Gasteiger partial charge in [0.1, 0.15) is 0 Å². The molecule has 1 saturated heterocycles. The number of morpholine rings is 1. The standard InChI is InChI=1S/C16H34N2O/c1-4-6-8-16(3,9-7-5-2)17-10-11-18-12-14-19-15-13-18/h17H,4-15H2,1-3H3. The summed E-state index contributed by atoms with van der Waals surface area (Å²) in [5.41, 5.74) is 0.346. The predicted molar refractivity (Wildman–Crippen MR) is 82.7 cm³/mol. The van der Waals surface area contributed by atoms with Crippen molar-refractivity contribution < 1.29 is 4.74 Å². The lowest BCUT2D eigenvalue weighted by molar-refractivity contribution is 0.0373. The minimum absolute atomic E-state index is 0.346. The Kier molecular flexibility index (Phi) is 8.67. The number of unbranched alkanes of at least 4 members (excludes halogenated alkanes) is 2. The molecule has 3 heteroatoms. The molecule has 1 aliphatic rings. The molecule has 0 aromatic carbocycles. The molecule has 0 aliphatic carbocycles. The predicted octanol–water partition coefficient (Wildman–Crippen LogP) is 3.05. The van der Waals surface area contributed by atoms with Crippen LogP contribution in [0.25, 0.3) is 0 Å². The van der Waals surface area contributed by atoms with Crippen molar-refractivity contribution in [1.29, 1.82) is 0 Å². The number of nitrogens with one attached hydrogen (secondary N) is 1. The van der Waals surface area contributed by atoms with Crippen LogP contribution in [0.3, 0.4) is 0 Å². The highest BCUT2D eigenvalue weighted by Crippen LogP contribution is 2.20. The summed E-state index contributed by atoms with van der Waals surface area (Å²) >= 11 is 0. The maximum absolute atomic E-state index is 5.39. The van der Waals surface area contributed by atoms with Gasteiger partial charge in [0, 0.05) is 31.7 Å². The molecular formula is C16H34N2O. The van der Waals surface area contributed by atoms with Crippen LogP contribution in [-0.4, -0.2) is 49.8 Å². The van der Waals surface area contributed by atoms with Crippen LogP contribution < -0.4 is 5.32 Å². The fraction of sp³-hybridized carbons (Fsp3) is 1.00. The average Bonchev–Trinajstić information content (AvgIpc) is 2.44. The number of hydrogen-bond donors (Lipinski definition) is 1. The summed E-state index contributed by atoms with van der Waals surface area (Å²) in [5.74, 6) is 0. The highest BCUT2D eigenvalue weighted by atomic mass is 16.5. The average molecular weight is 270 g/mol. The molecule has 0 bridgehead atoms. The van der Waals surface area contributed by atoms with Crippen molar-refractivity contribution in [3.8, 4) is 0 Å². The SMILES string of the molecule is CCCCC(C)(CCCC)NCCN1CCOCC1. The molecular weight excluding hydrogens is 236 g/mol. The van der Waals surface area contributed by atoms with Crippen LogP contribution in [0.4, 0.5) is 0 Å². The molecule has 0 aromatic rings. The third-order valence-corrected chi connectivity index (χ3v) is 4.25. The largest absolute Gasteiger partial charge is 0.379 e. The van der Waals surface area contributed by atoms with Gasteiger partial charge >= 0.3 is 0 Å². The molecule has 0 saturated carbocycles. The Morgan fingerprint density at radius 1 is 1.05 bits per heavy atom. The Morgan fingerprint density at radius 2 is 1.63 bits per heavy atom. The summed E-state index contributed by atoms with van der Waals surface area (Å²) < 4.78 is 5.39. The fourth-order valence-electron chi connectivity index (χ4n) is 2.78. The van der Waals surface area contributed by atoms with E-state index in [1.54, 1.807) is 0 Å². The van der Waals surface area contributed by atoms with Crippen LogP contribution in [0.15, 0.2) is 0 Å². The van der Waals surface area contributed by atoms with Gasteiger partial charge in [-0.15, -0.1) is 0 Å². The number of hydrogen-bond acceptors (Lipinski definition) is 3. The first-order valence-electron chi connectivity index (χ1n) is 8.25. The zero-order chi connectivity index (χ0) is 14.0. The first kappa shape index (κ1) is 16.9. The topological polar surface area (TPSA) is 24.5 Å². The zero-order valence-corrected chi connectivity index (χ0v) is 13.3. The normalized spacial score (nSPS) is 17.8. The molecule has 0 unspecified atom stereocenters. The maximum atomic E-state index is 5.39. The molecule has 1 aliphatic heterocycles. The van der Waals surface area contributed by atoms with Gasteiger partial charge in [-0.1, -0.05) is 39.5 Å². The summed E-state index contributed by atoms with van der Waals surface area (Å²) in [6.45, 7) is 13.3.